The summed E-state index contributed by atoms with van der Waals surface area (Å²) >= 11 is 0. The van der Waals surface area contributed by atoms with Crippen molar-refractivity contribution in [3.63, 3.8) is 0 Å². The number of nitrogens with one attached hydrogen (secondary N) is 1. The molecule has 27 heavy (non-hydrogen) atoms. The average molecular weight is 484 g/mol. The fourth-order valence-electron chi connectivity index (χ4n) is 3.22. The molecule has 1 aliphatic rings. The fourth-order valence-corrected chi connectivity index (χ4v) is 3.22. The van der Waals surface area contributed by atoms with Crippen LogP contribution in [0.5, 0.6) is 0 Å². The molecule has 3 rings (SSSR count). The Bertz CT molecular complexity index is 733. The zero-order chi connectivity index (χ0) is 18.4. The Labute approximate surface area is 178 Å². The van der Waals surface area contributed by atoms with E-state index in [1.165, 1.54) is 5.56 Å². The van der Waals surface area contributed by atoms with Crippen molar-refractivity contribution in [3.8, 4) is 0 Å². The third kappa shape index (κ3) is 5.65. The van der Waals surface area contributed by atoms with Crippen molar-refractivity contribution in [2.24, 2.45) is 12.0 Å². The van der Waals surface area contributed by atoms with Gasteiger partial charge in [0.2, 0.25) is 0 Å². The molecule has 1 aromatic heterocycles. The number of hydrogen-bond donors (Lipinski definition) is 1. The third-order valence-corrected chi connectivity index (χ3v) is 4.90. The van der Waals surface area contributed by atoms with Gasteiger partial charge in [0.05, 0.1) is 6.61 Å². The SMILES string of the molecule is COCCNC(=NCc1nnc(C)n1C)N1CCC(c2ccccc2)C1.I. The van der Waals surface area contributed by atoms with E-state index < -0.39 is 0 Å². The highest BCUT2D eigenvalue weighted by Gasteiger charge is 2.26. The van der Waals surface area contributed by atoms with Crippen LogP contribution in [-0.2, 0) is 18.3 Å². The topological polar surface area (TPSA) is 67.6 Å². The average Bonchev–Trinajstić information content (AvgIpc) is 3.27. The highest BCUT2D eigenvalue weighted by atomic mass is 127. The summed E-state index contributed by atoms with van der Waals surface area (Å²) in [5.41, 5.74) is 1.40. The van der Waals surface area contributed by atoms with E-state index in [9.17, 15) is 0 Å². The van der Waals surface area contributed by atoms with Crippen LogP contribution in [0.25, 0.3) is 0 Å². The first-order valence-electron chi connectivity index (χ1n) is 9.11. The lowest BCUT2D eigenvalue weighted by atomic mass is 9.99. The van der Waals surface area contributed by atoms with Gasteiger partial charge in [-0.05, 0) is 18.9 Å². The maximum Gasteiger partial charge on any atom is 0.194 e. The summed E-state index contributed by atoms with van der Waals surface area (Å²) < 4.78 is 7.15. The van der Waals surface area contributed by atoms with E-state index in [1.54, 1.807) is 7.11 Å². The second-order valence-corrected chi connectivity index (χ2v) is 6.62. The number of hydrogen-bond acceptors (Lipinski definition) is 4. The Balaban J connectivity index is 0.00000261. The van der Waals surface area contributed by atoms with Crippen LogP contribution < -0.4 is 5.32 Å². The minimum absolute atomic E-state index is 0. The smallest absolute Gasteiger partial charge is 0.194 e. The summed E-state index contributed by atoms with van der Waals surface area (Å²) in [4.78, 5) is 7.13. The van der Waals surface area contributed by atoms with E-state index in [1.807, 2.05) is 18.5 Å². The molecular weight excluding hydrogens is 455 g/mol. The highest BCUT2D eigenvalue weighted by Crippen LogP contribution is 2.26. The molecular formula is C19H29IN6O. The van der Waals surface area contributed by atoms with Gasteiger partial charge >= 0.3 is 0 Å². The van der Waals surface area contributed by atoms with E-state index in [0.717, 1.165) is 43.7 Å². The minimum atomic E-state index is 0. The molecule has 0 aliphatic carbocycles. The minimum Gasteiger partial charge on any atom is -0.383 e. The summed E-state index contributed by atoms with van der Waals surface area (Å²) in [6.07, 6.45) is 1.14. The van der Waals surface area contributed by atoms with Gasteiger partial charge in [-0.15, -0.1) is 34.2 Å². The molecule has 1 atom stereocenters. The first-order valence-corrected chi connectivity index (χ1v) is 9.11. The fraction of sp³-hybridized carbons (Fsp3) is 0.526. The molecule has 8 heteroatoms. The van der Waals surface area contributed by atoms with Crippen molar-refractivity contribution >= 4 is 29.9 Å². The first kappa shape index (κ1) is 21.6. The molecule has 2 aromatic rings. The molecule has 1 fully saturated rings. The molecule has 1 aliphatic heterocycles. The van der Waals surface area contributed by atoms with Crippen molar-refractivity contribution in [2.75, 3.05) is 33.4 Å². The van der Waals surface area contributed by atoms with Crippen LogP contribution in [0.1, 0.15) is 29.6 Å². The van der Waals surface area contributed by atoms with Crippen LogP contribution in [0.15, 0.2) is 35.3 Å². The molecule has 0 saturated carbocycles. The van der Waals surface area contributed by atoms with Crippen molar-refractivity contribution in [1.82, 2.24) is 25.0 Å². The van der Waals surface area contributed by atoms with Crippen molar-refractivity contribution in [1.29, 1.82) is 0 Å². The zero-order valence-electron chi connectivity index (χ0n) is 16.3. The molecule has 2 heterocycles. The third-order valence-electron chi connectivity index (χ3n) is 4.90. The quantitative estimate of drug-likeness (QED) is 0.295. The van der Waals surface area contributed by atoms with Gasteiger partial charge in [0.25, 0.3) is 0 Å². The Morgan fingerprint density at radius 3 is 2.74 bits per heavy atom. The number of ether oxygens (including phenoxy) is 1. The zero-order valence-corrected chi connectivity index (χ0v) is 18.6. The molecule has 1 N–H and O–H groups in total. The Morgan fingerprint density at radius 2 is 2.07 bits per heavy atom. The highest BCUT2D eigenvalue weighted by molar-refractivity contribution is 14.0. The molecule has 1 aromatic carbocycles. The summed E-state index contributed by atoms with van der Waals surface area (Å²) in [7, 11) is 3.68. The number of aliphatic imine (C=N–C) groups is 1. The Hall–Kier alpha value is -1.68. The predicted octanol–water partition coefficient (Wildman–Crippen LogP) is 2.32. The number of methoxy groups -OCH3 is 1. The number of rotatable bonds is 6. The van der Waals surface area contributed by atoms with Crippen molar-refractivity contribution in [3.05, 3.63) is 47.5 Å². The second-order valence-electron chi connectivity index (χ2n) is 6.62. The summed E-state index contributed by atoms with van der Waals surface area (Å²) in [6.45, 7) is 5.82. The number of halogens is 1. The predicted molar refractivity (Wildman–Crippen MR) is 118 cm³/mol. The van der Waals surface area contributed by atoms with Gasteiger partial charge in [-0.25, -0.2) is 4.99 Å². The maximum atomic E-state index is 5.17. The molecule has 1 saturated heterocycles. The normalized spacial score (nSPS) is 17.1. The van der Waals surface area contributed by atoms with Crippen molar-refractivity contribution in [2.45, 2.75) is 25.8 Å². The number of aryl methyl sites for hydroxylation is 1. The van der Waals surface area contributed by atoms with E-state index in [4.69, 9.17) is 9.73 Å². The second kappa shape index (κ2) is 10.6. The van der Waals surface area contributed by atoms with Gasteiger partial charge in [0.1, 0.15) is 12.4 Å². The van der Waals surface area contributed by atoms with Gasteiger partial charge in [-0.1, -0.05) is 30.3 Å². The summed E-state index contributed by atoms with van der Waals surface area (Å²) in [5.74, 6) is 3.23. The standard InChI is InChI=1S/C19H28N6O.HI/c1-15-22-23-18(24(15)2)13-21-19(20-10-12-26-3)25-11-9-17(14-25)16-7-5-4-6-8-16;/h4-8,17H,9-14H2,1-3H3,(H,20,21);1H. The number of guanidine groups is 1. The Morgan fingerprint density at radius 1 is 1.30 bits per heavy atom. The lowest BCUT2D eigenvalue weighted by Crippen LogP contribution is -2.41. The molecule has 148 valence electrons. The molecule has 7 nitrogen and oxygen atoms in total. The van der Waals surface area contributed by atoms with E-state index >= 15 is 0 Å². The van der Waals surface area contributed by atoms with Crippen LogP contribution >= 0.6 is 24.0 Å². The van der Waals surface area contributed by atoms with E-state index in [0.29, 0.717) is 19.1 Å². The van der Waals surface area contributed by atoms with Crippen molar-refractivity contribution < 1.29 is 4.74 Å². The van der Waals surface area contributed by atoms with Crippen LogP contribution in [0.2, 0.25) is 0 Å². The monoisotopic (exact) mass is 484 g/mol. The van der Waals surface area contributed by atoms with Crippen LogP contribution in [0.3, 0.4) is 0 Å². The van der Waals surface area contributed by atoms with Gasteiger partial charge in [-0.2, -0.15) is 0 Å². The van der Waals surface area contributed by atoms with Gasteiger partial charge in [-0.3, -0.25) is 0 Å². The molecule has 0 spiro atoms. The summed E-state index contributed by atoms with van der Waals surface area (Å²) in [5, 5.41) is 11.7. The lowest BCUT2D eigenvalue weighted by Gasteiger charge is -2.22. The molecule has 1 unspecified atom stereocenters. The molecule has 0 amide bonds. The van der Waals surface area contributed by atoms with Gasteiger partial charge in [0, 0.05) is 39.7 Å². The lowest BCUT2D eigenvalue weighted by molar-refractivity contribution is 0.203. The van der Waals surface area contributed by atoms with Gasteiger partial charge in [0.15, 0.2) is 11.8 Å². The van der Waals surface area contributed by atoms with E-state index in [2.05, 4.69) is 50.7 Å². The summed E-state index contributed by atoms with van der Waals surface area (Å²) in [6, 6.07) is 10.7. The van der Waals surface area contributed by atoms with Gasteiger partial charge < -0.3 is 19.5 Å². The largest absolute Gasteiger partial charge is 0.383 e. The Kier molecular flexibility index (Phi) is 8.49. The van der Waals surface area contributed by atoms with Crippen LogP contribution in [-0.4, -0.2) is 59.0 Å². The number of likely N-dealkylation sites (tertiary alicyclic amines) is 1. The number of nitrogens with zero attached hydrogens (tertiary/aromatic N) is 5. The van der Waals surface area contributed by atoms with E-state index in [-0.39, 0.29) is 24.0 Å². The number of aromatic nitrogens is 3. The first-order chi connectivity index (χ1) is 12.7. The molecule has 0 bridgehead atoms. The van der Waals surface area contributed by atoms with Crippen LogP contribution in [0.4, 0.5) is 0 Å². The molecule has 0 radical (unpaired) electrons. The maximum absolute atomic E-state index is 5.17. The number of benzene rings is 1. The van der Waals surface area contributed by atoms with Crippen LogP contribution in [0, 0.1) is 6.92 Å².